The second-order valence-electron chi connectivity index (χ2n) is 14.7. The van der Waals surface area contributed by atoms with E-state index in [1.807, 2.05) is 21.1 Å². The van der Waals surface area contributed by atoms with E-state index in [0.717, 1.165) is 57.8 Å². The molecule has 0 amide bonds. The number of unbranched alkanes of at least 4 members (excludes halogenated alkanes) is 14. The van der Waals surface area contributed by atoms with Crippen LogP contribution in [0.2, 0.25) is 0 Å². The van der Waals surface area contributed by atoms with Crippen LogP contribution in [0.3, 0.4) is 0 Å². The Morgan fingerprint density at radius 3 is 1.62 bits per heavy atom. The molecule has 0 aromatic carbocycles. The molecule has 9 nitrogen and oxygen atoms in total. The average molecular weight is 755 g/mol. The van der Waals surface area contributed by atoms with E-state index in [4.69, 9.17) is 18.5 Å². The summed E-state index contributed by atoms with van der Waals surface area (Å²) in [5.41, 5.74) is 0. The average Bonchev–Trinajstić information content (AvgIpc) is 3.09. The minimum atomic E-state index is -4.38. The highest BCUT2D eigenvalue weighted by molar-refractivity contribution is 7.47. The van der Waals surface area contributed by atoms with Crippen molar-refractivity contribution in [2.24, 2.45) is 0 Å². The Kier molecular flexibility index (Phi) is 33.4. The summed E-state index contributed by atoms with van der Waals surface area (Å²) in [5, 5.41) is 0. The number of nitrogens with zero attached hydrogens (tertiary/aromatic N) is 1. The smallest absolute Gasteiger partial charge is 0.462 e. The number of carbonyl (C=O) groups is 2. The van der Waals surface area contributed by atoms with E-state index in [2.05, 4.69) is 62.5 Å². The molecule has 0 aliphatic rings. The lowest BCUT2D eigenvalue weighted by Crippen LogP contribution is -2.37. The SMILES string of the molecule is CCC/C=C/C/C=C/C/C=C/C/C=C/CCCCCC(=O)OC[C@@H](COP(=O)(O)OCC[N+](C)(C)C)OC(=O)CCCCCCCCCCCCC. The predicted molar refractivity (Wildman–Crippen MR) is 215 cm³/mol. The van der Waals surface area contributed by atoms with E-state index in [-0.39, 0.29) is 26.1 Å². The minimum Gasteiger partial charge on any atom is -0.462 e. The number of hydrogen-bond donors (Lipinski definition) is 1. The lowest BCUT2D eigenvalue weighted by molar-refractivity contribution is -0.870. The summed E-state index contributed by atoms with van der Waals surface area (Å²) < 4.78 is 34.2. The van der Waals surface area contributed by atoms with Crippen molar-refractivity contribution in [1.29, 1.82) is 0 Å². The maximum Gasteiger partial charge on any atom is 0.472 e. The van der Waals surface area contributed by atoms with Gasteiger partial charge >= 0.3 is 19.8 Å². The Morgan fingerprint density at radius 2 is 1.08 bits per heavy atom. The molecule has 0 heterocycles. The number of ether oxygens (including phenoxy) is 2. The molecule has 302 valence electrons. The summed E-state index contributed by atoms with van der Waals surface area (Å²) in [7, 11) is 1.45. The standard InChI is InChI=1S/C42H76NO8P/c1-6-8-10-12-14-16-18-19-20-21-22-23-25-26-28-30-32-34-41(44)48-38-40(39-50-52(46,47)49-37-36-43(3,4)5)51-42(45)35-33-31-29-27-24-17-15-13-11-9-7-2/h10,12,16,18,20-21,23,25,40H,6-9,11,13-15,17,19,22,24,26-39H2,1-5H3/p+1/b12-10+,18-16+,21-20+,25-23+/t40-/m0/s1. The largest absolute Gasteiger partial charge is 0.472 e. The zero-order chi connectivity index (χ0) is 38.6. The van der Waals surface area contributed by atoms with Gasteiger partial charge in [-0.3, -0.25) is 18.6 Å². The summed E-state index contributed by atoms with van der Waals surface area (Å²) in [5.74, 6) is -0.838. The molecule has 1 unspecified atom stereocenters. The summed E-state index contributed by atoms with van der Waals surface area (Å²) in [6, 6.07) is 0. The van der Waals surface area contributed by atoms with Crippen molar-refractivity contribution < 1.29 is 42.1 Å². The van der Waals surface area contributed by atoms with Crippen LogP contribution in [0, 0.1) is 0 Å². The van der Waals surface area contributed by atoms with Crippen LogP contribution in [0.25, 0.3) is 0 Å². The van der Waals surface area contributed by atoms with Crippen LogP contribution in [-0.4, -0.2) is 74.9 Å². The molecule has 0 saturated carbocycles. The number of rotatable bonds is 36. The van der Waals surface area contributed by atoms with Gasteiger partial charge in [-0.1, -0.05) is 140 Å². The first-order valence-corrected chi connectivity index (χ1v) is 21.9. The molecule has 0 aliphatic heterocycles. The molecular weight excluding hydrogens is 677 g/mol. The molecule has 1 N–H and O–H groups in total. The van der Waals surface area contributed by atoms with Crippen LogP contribution in [0.5, 0.6) is 0 Å². The number of likely N-dealkylation sites (N-methyl/N-ethyl adjacent to an activating group) is 1. The molecule has 10 heteroatoms. The molecule has 2 atom stereocenters. The van der Waals surface area contributed by atoms with Gasteiger partial charge in [0.1, 0.15) is 19.8 Å². The highest BCUT2D eigenvalue weighted by atomic mass is 31.2. The van der Waals surface area contributed by atoms with Crippen molar-refractivity contribution in [3.8, 4) is 0 Å². The Bertz CT molecular complexity index is 1030. The zero-order valence-corrected chi connectivity index (χ0v) is 34.7. The topological polar surface area (TPSA) is 108 Å². The first kappa shape index (κ1) is 50.0. The van der Waals surface area contributed by atoms with E-state index in [9.17, 15) is 19.0 Å². The van der Waals surface area contributed by atoms with Gasteiger partial charge < -0.3 is 18.9 Å². The van der Waals surface area contributed by atoms with Crippen molar-refractivity contribution in [3.63, 3.8) is 0 Å². The molecule has 0 bridgehead atoms. The third-order valence-electron chi connectivity index (χ3n) is 8.34. The van der Waals surface area contributed by atoms with Gasteiger partial charge in [0.2, 0.25) is 0 Å². The highest BCUT2D eigenvalue weighted by Gasteiger charge is 2.27. The monoisotopic (exact) mass is 755 g/mol. The van der Waals surface area contributed by atoms with Gasteiger partial charge in [-0.2, -0.15) is 0 Å². The lowest BCUT2D eigenvalue weighted by atomic mass is 10.1. The Balaban J connectivity index is 4.45. The van der Waals surface area contributed by atoms with E-state index < -0.39 is 32.5 Å². The van der Waals surface area contributed by atoms with E-state index >= 15 is 0 Å². The molecule has 52 heavy (non-hydrogen) atoms. The molecule has 0 radical (unpaired) electrons. The van der Waals surface area contributed by atoms with Gasteiger partial charge in [0.25, 0.3) is 0 Å². The van der Waals surface area contributed by atoms with Gasteiger partial charge in [0.15, 0.2) is 6.10 Å². The second-order valence-corrected chi connectivity index (χ2v) is 16.1. The van der Waals surface area contributed by atoms with Crippen LogP contribution in [0.15, 0.2) is 48.6 Å². The minimum absolute atomic E-state index is 0.0257. The fourth-order valence-corrected chi connectivity index (χ4v) is 5.86. The number of carbonyl (C=O) groups excluding carboxylic acids is 2. The quantitative estimate of drug-likeness (QED) is 0.0221. The van der Waals surface area contributed by atoms with Crippen molar-refractivity contribution in [2.45, 2.75) is 161 Å². The van der Waals surface area contributed by atoms with Crippen LogP contribution < -0.4 is 0 Å². The Labute approximate surface area is 318 Å². The van der Waals surface area contributed by atoms with Crippen molar-refractivity contribution in [2.75, 3.05) is 47.5 Å². The number of allylic oxidation sites excluding steroid dienone is 8. The normalized spacial score (nSPS) is 14.2. The first-order chi connectivity index (χ1) is 25.0. The van der Waals surface area contributed by atoms with Crippen molar-refractivity contribution >= 4 is 19.8 Å². The summed E-state index contributed by atoms with van der Waals surface area (Å²) in [4.78, 5) is 35.2. The summed E-state index contributed by atoms with van der Waals surface area (Å²) >= 11 is 0. The van der Waals surface area contributed by atoms with Crippen LogP contribution in [0.4, 0.5) is 0 Å². The van der Waals surface area contributed by atoms with E-state index in [0.29, 0.717) is 23.9 Å². The van der Waals surface area contributed by atoms with Gasteiger partial charge in [-0.05, 0) is 51.4 Å². The zero-order valence-electron chi connectivity index (χ0n) is 33.8. The fourth-order valence-electron chi connectivity index (χ4n) is 5.12. The number of quaternary nitrogens is 1. The van der Waals surface area contributed by atoms with Crippen LogP contribution >= 0.6 is 7.82 Å². The molecule has 0 spiro atoms. The van der Waals surface area contributed by atoms with Gasteiger partial charge in [0, 0.05) is 12.8 Å². The van der Waals surface area contributed by atoms with Crippen molar-refractivity contribution in [1.82, 2.24) is 0 Å². The molecule has 0 aliphatic carbocycles. The van der Waals surface area contributed by atoms with Crippen molar-refractivity contribution in [3.05, 3.63) is 48.6 Å². The van der Waals surface area contributed by atoms with Gasteiger partial charge in [-0.25, -0.2) is 4.57 Å². The summed E-state index contributed by atoms with van der Waals surface area (Å²) in [6.07, 6.45) is 38.7. The third-order valence-corrected chi connectivity index (χ3v) is 9.33. The van der Waals surface area contributed by atoms with Crippen LogP contribution in [0.1, 0.15) is 155 Å². The van der Waals surface area contributed by atoms with E-state index in [1.54, 1.807) is 0 Å². The predicted octanol–water partition coefficient (Wildman–Crippen LogP) is 11.1. The maximum atomic E-state index is 12.6. The number of esters is 2. The second kappa shape index (κ2) is 34.7. The molecule has 0 fully saturated rings. The number of phosphoric acid groups is 1. The Hall–Kier alpha value is -2.03. The maximum absolute atomic E-state index is 12.6. The Morgan fingerprint density at radius 1 is 0.596 bits per heavy atom. The highest BCUT2D eigenvalue weighted by Crippen LogP contribution is 2.43. The fraction of sp³-hybridized carbons (Fsp3) is 0.762. The molecular formula is C42H77NO8P+. The van der Waals surface area contributed by atoms with Gasteiger partial charge in [0.05, 0.1) is 27.7 Å². The number of hydrogen-bond acceptors (Lipinski definition) is 7. The lowest BCUT2D eigenvalue weighted by Gasteiger charge is -2.24. The first-order valence-electron chi connectivity index (χ1n) is 20.4. The van der Waals surface area contributed by atoms with E-state index in [1.165, 1.54) is 57.8 Å². The third kappa shape index (κ3) is 37.7. The van der Waals surface area contributed by atoms with Gasteiger partial charge in [-0.15, -0.1) is 0 Å². The molecule has 0 aromatic rings. The van der Waals surface area contributed by atoms with Crippen LogP contribution in [-0.2, 0) is 32.7 Å². The molecule has 0 rings (SSSR count). The molecule has 0 aromatic heterocycles. The summed E-state index contributed by atoms with van der Waals surface area (Å²) in [6.45, 7) is 4.29. The molecule has 0 saturated heterocycles. The number of phosphoric ester groups is 1.